The van der Waals surface area contributed by atoms with E-state index in [0.717, 1.165) is 23.2 Å². The summed E-state index contributed by atoms with van der Waals surface area (Å²) in [6.45, 7) is 7.64. The Labute approximate surface area is 194 Å². The van der Waals surface area contributed by atoms with Crippen LogP contribution in [0.1, 0.15) is 28.4 Å². The Bertz CT molecular complexity index is 1260. The molecule has 0 spiro atoms. The van der Waals surface area contributed by atoms with Crippen LogP contribution in [-0.4, -0.2) is 20.9 Å². The van der Waals surface area contributed by atoms with E-state index in [4.69, 9.17) is 11.6 Å². The molecule has 0 atom stereocenters. The van der Waals surface area contributed by atoms with Crippen molar-refractivity contribution in [3.8, 4) is 0 Å². The molecule has 1 N–H and O–H groups in total. The van der Waals surface area contributed by atoms with Crippen molar-refractivity contribution in [3.05, 3.63) is 101 Å². The van der Waals surface area contributed by atoms with Crippen molar-refractivity contribution >= 4 is 38.9 Å². The van der Waals surface area contributed by atoms with Crippen LogP contribution in [0.4, 0.5) is 11.4 Å². The smallest absolute Gasteiger partial charge is 0.264 e. The number of nitrogens with zero attached hydrogens (tertiary/aromatic N) is 1. The van der Waals surface area contributed by atoms with Gasteiger partial charge >= 0.3 is 0 Å². The van der Waals surface area contributed by atoms with E-state index >= 15 is 0 Å². The lowest BCUT2D eigenvalue weighted by Gasteiger charge is -2.24. The molecule has 3 rings (SSSR count). The number of aryl methyl sites for hydroxylation is 2. The van der Waals surface area contributed by atoms with Crippen LogP contribution in [0.15, 0.2) is 84.3 Å². The van der Waals surface area contributed by atoms with Gasteiger partial charge in [0, 0.05) is 11.3 Å². The lowest BCUT2D eigenvalue weighted by Crippen LogP contribution is -2.31. The highest BCUT2D eigenvalue weighted by molar-refractivity contribution is 7.92. The Morgan fingerprint density at radius 1 is 1.09 bits per heavy atom. The zero-order valence-corrected chi connectivity index (χ0v) is 19.6. The third kappa shape index (κ3) is 4.87. The summed E-state index contributed by atoms with van der Waals surface area (Å²) < 4.78 is 28.1. The molecule has 0 aliphatic heterocycles. The van der Waals surface area contributed by atoms with Crippen LogP contribution in [0.3, 0.4) is 0 Å². The highest BCUT2D eigenvalue weighted by Gasteiger charge is 2.26. The molecule has 0 saturated heterocycles. The molecular weight excluding hydrogens is 444 g/mol. The number of rotatable bonds is 8. The molecule has 3 aromatic rings. The van der Waals surface area contributed by atoms with Crippen molar-refractivity contribution in [3.63, 3.8) is 0 Å². The average Bonchev–Trinajstić information content (AvgIpc) is 2.79. The molecule has 0 saturated carbocycles. The van der Waals surface area contributed by atoms with E-state index in [-0.39, 0.29) is 22.9 Å². The van der Waals surface area contributed by atoms with Crippen molar-refractivity contribution in [2.24, 2.45) is 0 Å². The minimum absolute atomic E-state index is 0.00702. The molecule has 32 heavy (non-hydrogen) atoms. The van der Waals surface area contributed by atoms with Gasteiger partial charge in [-0.3, -0.25) is 9.10 Å². The standard InChI is InChI=1S/C25H25ClN2O3S/c1-4-16-28(23-15-7-6-14-22(23)26)32(30,31)21-13-9-12-20(17-21)25(29)27-24-18(3)10-8-11-19(24)5-2/h4,6-15,17H,1,5,16H2,2-3H3,(H,27,29). The SMILES string of the molecule is C=CCN(c1ccccc1Cl)S(=O)(=O)c1cccc(C(=O)Nc2c(C)cccc2CC)c1. The van der Waals surface area contributed by atoms with Gasteiger partial charge in [-0.15, -0.1) is 6.58 Å². The Morgan fingerprint density at radius 3 is 2.50 bits per heavy atom. The van der Waals surface area contributed by atoms with E-state index in [1.165, 1.54) is 22.5 Å². The number of anilines is 2. The molecule has 3 aromatic carbocycles. The molecule has 0 aromatic heterocycles. The van der Waals surface area contributed by atoms with Crippen molar-refractivity contribution < 1.29 is 13.2 Å². The summed E-state index contributed by atoms with van der Waals surface area (Å²) in [6, 6.07) is 18.5. The number of carbonyl (C=O) groups is 1. The van der Waals surface area contributed by atoms with E-state index in [9.17, 15) is 13.2 Å². The number of para-hydroxylation sites is 2. The van der Waals surface area contributed by atoms with Gasteiger partial charge in [0.15, 0.2) is 0 Å². The van der Waals surface area contributed by atoms with E-state index in [1.807, 2.05) is 32.0 Å². The molecule has 1 amide bonds. The highest BCUT2D eigenvalue weighted by Crippen LogP contribution is 2.30. The summed E-state index contributed by atoms with van der Waals surface area (Å²) in [5, 5.41) is 3.24. The number of hydrogen-bond donors (Lipinski definition) is 1. The molecule has 0 aliphatic carbocycles. The molecule has 166 valence electrons. The summed E-state index contributed by atoms with van der Waals surface area (Å²) >= 11 is 6.26. The number of halogens is 1. The zero-order valence-electron chi connectivity index (χ0n) is 18.0. The Morgan fingerprint density at radius 2 is 1.81 bits per heavy atom. The first-order valence-electron chi connectivity index (χ1n) is 10.2. The summed E-state index contributed by atoms with van der Waals surface area (Å²) in [4.78, 5) is 13.0. The first kappa shape index (κ1) is 23.6. The molecular formula is C25H25ClN2O3S. The van der Waals surface area contributed by atoms with Gasteiger partial charge in [0.1, 0.15) is 0 Å². The van der Waals surface area contributed by atoms with Crippen LogP contribution in [0.5, 0.6) is 0 Å². The highest BCUT2D eigenvalue weighted by atomic mass is 35.5. The monoisotopic (exact) mass is 468 g/mol. The normalized spacial score (nSPS) is 11.1. The maximum atomic E-state index is 13.5. The molecule has 7 heteroatoms. The van der Waals surface area contributed by atoms with Crippen molar-refractivity contribution in [2.45, 2.75) is 25.2 Å². The quantitative estimate of drug-likeness (QED) is 0.422. The van der Waals surface area contributed by atoms with Gasteiger partial charge in [-0.2, -0.15) is 0 Å². The molecule has 0 fully saturated rings. The second kappa shape index (κ2) is 10.0. The summed E-state index contributed by atoms with van der Waals surface area (Å²) in [5.74, 6) is -0.376. The van der Waals surface area contributed by atoms with Gasteiger partial charge in [0.25, 0.3) is 15.9 Å². The van der Waals surface area contributed by atoms with Crippen LogP contribution < -0.4 is 9.62 Å². The number of amides is 1. The Kier molecular flexibility index (Phi) is 7.38. The molecule has 0 bridgehead atoms. The average molecular weight is 469 g/mol. The predicted octanol–water partition coefficient (Wildman–Crippen LogP) is 5.84. The first-order chi connectivity index (χ1) is 15.3. The van der Waals surface area contributed by atoms with E-state index in [0.29, 0.717) is 10.7 Å². The number of nitrogens with one attached hydrogen (secondary N) is 1. The number of benzene rings is 3. The second-order valence-corrected chi connectivity index (χ2v) is 9.49. The first-order valence-corrected chi connectivity index (χ1v) is 12.0. The van der Waals surface area contributed by atoms with Gasteiger partial charge in [0.2, 0.25) is 0 Å². The molecule has 0 radical (unpaired) electrons. The minimum atomic E-state index is -3.99. The zero-order chi connectivity index (χ0) is 23.3. The van der Waals surface area contributed by atoms with Gasteiger partial charge < -0.3 is 5.32 Å². The predicted molar refractivity (Wildman–Crippen MR) is 131 cm³/mol. The third-order valence-electron chi connectivity index (χ3n) is 5.08. The van der Waals surface area contributed by atoms with E-state index in [2.05, 4.69) is 11.9 Å². The van der Waals surface area contributed by atoms with Gasteiger partial charge in [-0.05, 0) is 54.8 Å². The fourth-order valence-corrected chi connectivity index (χ4v) is 5.20. The van der Waals surface area contributed by atoms with E-state index < -0.39 is 10.0 Å². The van der Waals surface area contributed by atoms with Crippen LogP contribution in [0.25, 0.3) is 0 Å². The summed E-state index contributed by atoms with van der Waals surface area (Å²) in [7, 11) is -3.99. The third-order valence-corrected chi connectivity index (χ3v) is 7.17. The van der Waals surface area contributed by atoms with Crippen LogP contribution >= 0.6 is 11.6 Å². The lowest BCUT2D eigenvalue weighted by atomic mass is 10.1. The number of sulfonamides is 1. The van der Waals surface area contributed by atoms with Crippen molar-refractivity contribution in [2.75, 3.05) is 16.2 Å². The molecule has 0 aliphatic rings. The fraction of sp³-hybridized carbons (Fsp3) is 0.160. The number of hydrogen-bond acceptors (Lipinski definition) is 3. The fourth-order valence-electron chi connectivity index (χ4n) is 3.41. The minimum Gasteiger partial charge on any atom is -0.321 e. The summed E-state index contributed by atoms with van der Waals surface area (Å²) in [5.41, 5.74) is 3.29. The molecule has 0 heterocycles. The topological polar surface area (TPSA) is 66.5 Å². The second-order valence-electron chi connectivity index (χ2n) is 7.22. The molecule has 0 unspecified atom stereocenters. The van der Waals surface area contributed by atoms with Crippen molar-refractivity contribution in [1.29, 1.82) is 0 Å². The van der Waals surface area contributed by atoms with Crippen LogP contribution in [0, 0.1) is 6.92 Å². The number of carbonyl (C=O) groups excluding carboxylic acids is 1. The Balaban J connectivity index is 1.98. The molecule has 5 nitrogen and oxygen atoms in total. The van der Waals surface area contributed by atoms with Gasteiger partial charge in [-0.1, -0.05) is 61.0 Å². The summed E-state index contributed by atoms with van der Waals surface area (Å²) in [6.07, 6.45) is 2.25. The maximum Gasteiger partial charge on any atom is 0.264 e. The maximum absolute atomic E-state index is 13.5. The van der Waals surface area contributed by atoms with Crippen LogP contribution in [-0.2, 0) is 16.4 Å². The Hall–Kier alpha value is -3.09. The van der Waals surface area contributed by atoms with E-state index in [1.54, 1.807) is 36.4 Å². The van der Waals surface area contributed by atoms with Gasteiger partial charge in [-0.25, -0.2) is 8.42 Å². The lowest BCUT2D eigenvalue weighted by molar-refractivity contribution is 0.102. The van der Waals surface area contributed by atoms with Crippen LogP contribution in [0.2, 0.25) is 5.02 Å². The largest absolute Gasteiger partial charge is 0.321 e. The van der Waals surface area contributed by atoms with Gasteiger partial charge in [0.05, 0.1) is 22.2 Å². The van der Waals surface area contributed by atoms with Crippen molar-refractivity contribution in [1.82, 2.24) is 0 Å².